The minimum absolute atomic E-state index is 0.0191. The first-order valence-corrected chi connectivity index (χ1v) is 15.1. The molecule has 1 aliphatic heterocycles. The SMILES string of the molecule is Cn1cc(-c2cc(C(F)(F)F)nn2CC(C)(C)NC(=O)[C@@H](Cc2cnn(C(F)F)c2)N2CCc3c(B(O)O)csc3C2=O)ccc1=O. The van der Waals surface area contributed by atoms with Crippen molar-refractivity contribution in [3.8, 4) is 11.3 Å². The van der Waals surface area contributed by atoms with Gasteiger partial charge < -0.3 is 24.8 Å². The molecule has 0 fully saturated rings. The number of carbonyl (C=O) groups is 2. The number of amides is 2. The third-order valence-corrected chi connectivity index (χ3v) is 8.71. The molecule has 5 rings (SSSR count). The second-order valence-electron chi connectivity index (χ2n) is 11.8. The highest BCUT2D eigenvalue weighted by Crippen LogP contribution is 2.32. The molecule has 0 saturated heterocycles. The van der Waals surface area contributed by atoms with Gasteiger partial charge in [-0.05, 0) is 54.4 Å². The van der Waals surface area contributed by atoms with E-state index >= 15 is 0 Å². The Bertz CT molecular complexity index is 1870. The van der Waals surface area contributed by atoms with Gasteiger partial charge in [-0.3, -0.25) is 19.1 Å². The van der Waals surface area contributed by atoms with Crippen LogP contribution >= 0.6 is 11.3 Å². The van der Waals surface area contributed by atoms with Gasteiger partial charge in [0.05, 0.1) is 28.9 Å². The summed E-state index contributed by atoms with van der Waals surface area (Å²) < 4.78 is 70.3. The summed E-state index contributed by atoms with van der Waals surface area (Å²) in [4.78, 5) is 40.9. The molecule has 0 aliphatic carbocycles. The van der Waals surface area contributed by atoms with Gasteiger partial charge in [-0.15, -0.1) is 11.3 Å². The molecule has 0 saturated carbocycles. The summed E-state index contributed by atoms with van der Waals surface area (Å²) in [6, 6.07) is 2.14. The lowest BCUT2D eigenvalue weighted by molar-refractivity contribution is -0.141. The molecule has 2 amide bonds. The lowest BCUT2D eigenvalue weighted by Crippen LogP contribution is -2.58. The van der Waals surface area contributed by atoms with Crippen LogP contribution in [0.3, 0.4) is 0 Å². The van der Waals surface area contributed by atoms with Crippen molar-refractivity contribution >= 4 is 35.7 Å². The normalized spacial score (nSPS) is 14.4. The molecular formula is C28H29BF5N7O5S. The highest BCUT2D eigenvalue weighted by Gasteiger charge is 2.40. The number of nitrogens with one attached hydrogen (secondary N) is 1. The molecule has 250 valence electrons. The number of alkyl halides is 5. The third kappa shape index (κ3) is 7.16. The minimum Gasteiger partial charge on any atom is -0.423 e. The fourth-order valence-corrected chi connectivity index (χ4v) is 6.54. The van der Waals surface area contributed by atoms with Gasteiger partial charge in [0, 0.05) is 44.0 Å². The number of aryl methyl sites for hydroxylation is 1. The molecule has 0 radical (unpaired) electrons. The van der Waals surface area contributed by atoms with Gasteiger partial charge in [-0.2, -0.15) is 32.1 Å². The number of fused-ring (bicyclic) bond motifs is 1. The maximum atomic E-state index is 14.0. The van der Waals surface area contributed by atoms with E-state index in [2.05, 4.69) is 15.5 Å². The van der Waals surface area contributed by atoms with Crippen molar-refractivity contribution in [1.82, 2.24) is 34.3 Å². The van der Waals surface area contributed by atoms with Crippen molar-refractivity contribution in [2.45, 2.75) is 57.5 Å². The van der Waals surface area contributed by atoms with Crippen LogP contribution in [0.1, 0.15) is 46.9 Å². The number of hydrogen-bond donors (Lipinski definition) is 3. The molecule has 1 aliphatic rings. The van der Waals surface area contributed by atoms with Gasteiger partial charge in [-0.25, -0.2) is 4.68 Å². The van der Waals surface area contributed by atoms with Gasteiger partial charge in [0.25, 0.3) is 5.91 Å². The van der Waals surface area contributed by atoms with Crippen LogP contribution in [0, 0.1) is 0 Å². The van der Waals surface area contributed by atoms with Crippen molar-refractivity contribution in [3.05, 3.63) is 74.2 Å². The van der Waals surface area contributed by atoms with E-state index in [4.69, 9.17) is 0 Å². The van der Waals surface area contributed by atoms with Crippen LogP contribution in [-0.2, 0) is 37.4 Å². The van der Waals surface area contributed by atoms with Crippen LogP contribution in [0.5, 0.6) is 0 Å². The van der Waals surface area contributed by atoms with Crippen LogP contribution in [0.2, 0.25) is 0 Å². The highest BCUT2D eigenvalue weighted by molar-refractivity contribution is 7.13. The number of thiophene rings is 1. The second kappa shape index (κ2) is 12.7. The van der Waals surface area contributed by atoms with Gasteiger partial charge >= 0.3 is 19.8 Å². The van der Waals surface area contributed by atoms with E-state index in [-0.39, 0.29) is 58.7 Å². The van der Waals surface area contributed by atoms with E-state index in [9.17, 15) is 46.4 Å². The average molecular weight is 681 g/mol. The first-order valence-electron chi connectivity index (χ1n) is 14.2. The quantitative estimate of drug-likeness (QED) is 0.171. The van der Waals surface area contributed by atoms with Crippen LogP contribution < -0.4 is 16.3 Å². The number of hydrogen-bond acceptors (Lipinski definition) is 8. The van der Waals surface area contributed by atoms with E-state index in [1.165, 1.54) is 40.2 Å². The zero-order chi connectivity index (χ0) is 34.4. The number of rotatable bonds is 10. The second-order valence-corrected chi connectivity index (χ2v) is 12.6. The fourth-order valence-electron chi connectivity index (χ4n) is 5.45. The Labute approximate surface area is 268 Å². The molecule has 19 heteroatoms. The molecule has 0 bridgehead atoms. The van der Waals surface area contributed by atoms with Gasteiger partial charge in [0.15, 0.2) is 5.69 Å². The average Bonchev–Trinajstić information content (AvgIpc) is 3.72. The van der Waals surface area contributed by atoms with E-state index in [0.29, 0.717) is 10.2 Å². The number of aromatic nitrogens is 5. The number of nitrogens with zero attached hydrogens (tertiary/aromatic N) is 6. The van der Waals surface area contributed by atoms with E-state index in [1.54, 1.807) is 13.8 Å². The first kappa shape index (κ1) is 34.0. The smallest absolute Gasteiger partial charge is 0.423 e. The summed E-state index contributed by atoms with van der Waals surface area (Å²) in [5, 5.41) is 31.0. The standard InChI is InChI=1S/C28H29BF5N7O5S/c1-27(2,14-41-19(9-21(37-41)28(32,33)34)16-4-5-22(42)38(3)12-16)36-24(43)20(8-15-10-35-40(11-15)26(30)31)39-7-6-17-18(29(45)46)13-47-23(17)25(39)44/h4-5,9-13,20,26,45-46H,6-8,14H2,1-3H3,(H,36,43)/t20-/m1/s1. The summed E-state index contributed by atoms with van der Waals surface area (Å²) in [6.07, 6.45) is -1.28. The maximum absolute atomic E-state index is 14.0. The largest absolute Gasteiger partial charge is 0.489 e. The van der Waals surface area contributed by atoms with Crippen LogP contribution in [0.25, 0.3) is 11.3 Å². The predicted molar refractivity (Wildman–Crippen MR) is 160 cm³/mol. The Hall–Kier alpha value is -4.36. The molecule has 5 heterocycles. The third-order valence-electron chi connectivity index (χ3n) is 7.68. The Morgan fingerprint density at radius 1 is 1.17 bits per heavy atom. The number of pyridine rings is 1. The zero-order valence-corrected chi connectivity index (χ0v) is 26.0. The Morgan fingerprint density at radius 2 is 1.89 bits per heavy atom. The number of halogens is 5. The molecule has 4 aromatic rings. The molecule has 12 nitrogen and oxygen atoms in total. The zero-order valence-electron chi connectivity index (χ0n) is 25.2. The van der Waals surface area contributed by atoms with Gasteiger partial charge in [0.2, 0.25) is 11.5 Å². The summed E-state index contributed by atoms with van der Waals surface area (Å²) in [5.74, 6) is -1.30. The molecule has 0 aromatic carbocycles. The summed E-state index contributed by atoms with van der Waals surface area (Å²) in [5.41, 5.74) is -1.72. The van der Waals surface area contributed by atoms with E-state index < -0.39 is 48.9 Å². The first-order chi connectivity index (χ1) is 21.9. The highest BCUT2D eigenvalue weighted by atomic mass is 32.1. The van der Waals surface area contributed by atoms with E-state index in [1.807, 2.05) is 0 Å². The lowest BCUT2D eigenvalue weighted by Gasteiger charge is -2.36. The van der Waals surface area contributed by atoms with Crippen LogP contribution in [0.4, 0.5) is 22.0 Å². The summed E-state index contributed by atoms with van der Waals surface area (Å²) in [7, 11) is -0.361. The molecule has 4 aromatic heterocycles. The van der Waals surface area contributed by atoms with Crippen molar-refractivity contribution in [2.75, 3.05) is 6.54 Å². The maximum Gasteiger partial charge on any atom is 0.489 e. The van der Waals surface area contributed by atoms with Crippen molar-refractivity contribution in [2.24, 2.45) is 7.05 Å². The van der Waals surface area contributed by atoms with Crippen molar-refractivity contribution in [1.29, 1.82) is 0 Å². The summed E-state index contributed by atoms with van der Waals surface area (Å²) in [6.45, 7) is -0.153. The van der Waals surface area contributed by atoms with E-state index in [0.717, 1.165) is 34.5 Å². The molecule has 0 spiro atoms. The van der Waals surface area contributed by atoms with Crippen molar-refractivity contribution < 1.29 is 41.6 Å². The van der Waals surface area contributed by atoms with Crippen molar-refractivity contribution in [3.63, 3.8) is 0 Å². The lowest BCUT2D eigenvalue weighted by atomic mass is 9.77. The Balaban J connectivity index is 1.46. The number of carbonyl (C=O) groups excluding carboxylic acids is 2. The monoisotopic (exact) mass is 681 g/mol. The molecule has 1 atom stereocenters. The van der Waals surface area contributed by atoms with Crippen LogP contribution in [0.15, 0.2) is 47.0 Å². The topological polar surface area (TPSA) is 148 Å². The molecule has 47 heavy (non-hydrogen) atoms. The van der Waals surface area contributed by atoms with Crippen LogP contribution in [-0.4, -0.2) is 76.1 Å². The predicted octanol–water partition coefficient (Wildman–Crippen LogP) is 1.81. The van der Waals surface area contributed by atoms with Gasteiger partial charge in [0.1, 0.15) is 6.04 Å². The van der Waals surface area contributed by atoms with Gasteiger partial charge in [-0.1, -0.05) is 0 Å². The fraction of sp³-hybridized carbons (Fsp3) is 0.393. The Kier molecular flexibility index (Phi) is 9.17. The Morgan fingerprint density at radius 3 is 2.51 bits per heavy atom. The summed E-state index contributed by atoms with van der Waals surface area (Å²) >= 11 is 0.973. The molecule has 0 unspecified atom stereocenters. The minimum atomic E-state index is -4.79. The molecule has 3 N–H and O–H groups in total. The molecular weight excluding hydrogens is 652 g/mol.